The molecule has 6 aliphatic rings. The Labute approximate surface area is 415 Å². The van der Waals surface area contributed by atoms with Gasteiger partial charge in [-0.15, -0.1) is 24.0 Å². The van der Waals surface area contributed by atoms with Crippen molar-refractivity contribution in [3.05, 3.63) is 70.9 Å². The number of fused-ring (bicyclic) bond motifs is 2. The van der Waals surface area contributed by atoms with E-state index >= 15 is 0 Å². The van der Waals surface area contributed by atoms with Crippen molar-refractivity contribution in [1.82, 2.24) is 0 Å². The van der Waals surface area contributed by atoms with Gasteiger partial charge in [0, 0.05) is 26.1 Å². The fourth-order valence-corrected chi connectivity index (χ4v) is 12.3. The van der Waals surface area contributed by atoms with E-state index in [1.54, 1.807) is 5.57 Å². The van der Waals surface area contributed by atoms with Gasteiger partial charge in [0.05, 0.1) is 42.2 Å². The van der Waals surface area contributed by atoms with E-state index in [9.17, 15) is 25.5 Å². The second kappa shape index (κ2) is 24.8. The van der Waals surface area contributed by atoms with Crippen LogP contribution >= 0.6 is 46.6 Å². The van der Waals surface area contributed by atoms with Crippen molar-refractivity contribution < 1.29 is 35.0 Å². The molecule has 7 nitrogen and oxygen atoms in total. The van der Waals surface area contributed by atoms with Crippen LogP contribution in [-0.4, -0.2) is 85.9 Å². The highest BCUT2D eigenvalue weighted by Crippen LogP contribution is 2.60. The third kappa shape index (κ3) is 15.3. The minimum absolute atomic E-state index is 0. The second-order valence-corrected chi connectivity index (χ2v) is 22.4. The summed E-state index contributed by atoms with van der Waals surface area (Å²) < 4.78 is 12.5. The number of aliphatic hydroxyl groups excluding tert-OH is 4. The maximum absolute atomic E-state index is 10.1. The third-order valence-electron chi connectivity index (χ3n) is 16.1. The van der Waals surface area contributed by atoms with Crippen molar-refractivity contribution >= 4 is 46.6 Å². The van der Waals surface area contributed by atoms with Crippen molar-refractivity contribution in [2.24, 2.45) is 39.9 Å². The van der Waals surface area contributed by atoms with E-state index in [1.807, 2.05) is 18.8 Å². The molecule has 6 saturated carbocycles. The Bertz CT molecular complexity index is 1500. The highest BCUT2D eigenvalue weighted by molar-refractivity contribution is 14.1. The number of ether oxygens (including phenoxy) is 2. The molecule has 6 fully saturated rings. The number of halogens is 2. The van der Waals surface area contributed by atoms with Gasteiger partial charge in [-0.2, -0.15) is 0 Å². The molecular weight excluding hydrogens is 1010 g/mol. The van der Waals surface area contributed by atoms with E-state index in [-0.39, 0.29) is 35.5 Å². The molecule has 6 aliphatic carbocycles. The Morgan fingerprint density at radius 2 is 1.05 bits per heavy atom. The van der Waals surface area contributed by atoms with Gasteiger partial charge in [-0.3, -0.25) is 0 Å². The predicted octanol–water partition coefficient (Wildman–Crippen LogP) is 12.3. The second-order valence-electron chi connectivity index (χ2n) is 22.4. The zero-order valence-corrected chi connectivity index (χ0v) is 45.6. The van der Waals surface area contributed by atoms with Gasteiger partial charge >= 0.3 is 0 Å². The molecule has 0 saturated heterocycles. The normalized spacial score (nSPS) is 37.1. The predicted molar refractivity (Wildman–Crippen MR) is 281 cm³/mol. The lowest BCUT2D eigenvalue weighted by molar-refractivity contribution is -0.0454. The van der Waals surface area contributed by atoms with Gasteiger partial charge in [0.1, 0.15) is 0 Å². The summed E-state index contributed by atoms with van der Waals surface area (Å²) in [6, 6.07) is 0. The Morgan fingerprint density at radius 1 is 0.667 bits per heavy atom. The molecule has 0 amide bonds. The van der Waals surface area contributed by atoms with Crippen LogP contribution in [0.2, 0.25) is 0 Å². The lowest BCUT2D eigenvalue weighted by atomic mass is 9.62. The van der Waals surface area contributed by atoms with Crippen LogP contribution in [0.1, 0.15) is 165 Å². The number of allylic oxidation sites excluding steroid dienone is 6. The summed E-state index contributed by atoms with van der Waals surface area (Å²) in [6.45, 7) is 29.5. The van der Waals surface area contributed by atoms with Crippen LogP contribution in [0.15, 0.2) is 70.9 Å². The van der Waals surface area contributed by atoms with Crippen molar-refractivity contribution in [3.8, 4) is 0 Å². The van der Waals surface area contributed by atoms with Crippen molar-refractivity contribution in [2.45, 2.75) is 207 Å². The van der Waals surface area contributed by atoms with Gasteiger partial charge in [0.15, 0.2) is 0 Å². The first-order chi connectivity index (χ1) is 29.0. The number of hydrogen-bond acceptors (Lipinski definition) is 7. The van der Waals surface area contributed by atoms with Gasteiger partial charge in [0.25, 0.3) is 0 Å². The van der Waals surface area contributed by atoms with Crippen LogP contribution in [-0.2, 0) is 9.47 Å². The number of alkyl halides is 1. The monoisotopic (exact) mass is 1100 g/mol. The molecule has 9 heteroatoms. The summed E-state index contributed by atoms with van der Waals surface area (Å²) in [7, 11) is 0. The van der Waals surface area contributed by atoms with Gasteiger partial charge in [0.2, 0.25) is 0 Å². The first kappa shape index (κ1) is 56.9. The average molecular weight is 1110 g/mol. The fraction of sp³-hybridized carbons (Fsp3) is 0.778. The van der Waals surface area contributed by atoms with E-state index in [2.05, 4.69) is 109 Å². The maximum Gasteiger partial charge on any atom is 0.0811 e. The topological polar surface area (TPSA) is 120 Å². The zero-order chi connectivity index (χ0) is 46.2. The lowest BCUT2D eigenvalue weighted by Gasteiger charge is -2.44. The molecule has 12 atom stereocenters. The molecule has 0 aliphatic heterocycles. The molecule has 0 heterocycles. The third-order valence-corrected chi connectivity index (χ3v) is 16.1. The maximum atomic E-state index is 10.1. The molecule has 0 aromatic carbocycles. The molecular formula is C54H90I2O7. The summed E-state index contributed by atoms with van der Waals surface area (Å²) in [5.74, 6) is 2.34. The Balaban J connectivity index is 0.000000318. The number of hydrogen-bond donors (Lipinski definition) is 5. The first-order valence-electron chi connectivity index (χ1n) is 24.3. The summed E-state index contributed by atoms with van der Waals surface area (Å²) in [6.07, 6.45) is 22.9. The molecule has 0 spiro atoms. The van der Waals surface area contributed by atoms with E-state index in [1.165, 1.54) is 56.9 Å². The summed E-state index contributed by atoms with van der Waals surface area (Å²) >= 11 is 2.15. The largest absolute Gasteiger partial charge is 0.393 e. The Morgan fingerprint density at radius 3 is 1.41 bits per heavy atom. The smallest absolute Gasteiger partial charge is 0.0811 e. The van der Waals surface area contributed by atoms with Crippen LogP contribution in [0.4, 0.5) is 0 Å². The van der Waals surface area contributed by atoms with Gasteiger partial charge in [-0.25, -0.2) is 0 Å². The Hall–Kier alpha value is -0.380. The van der Waals surface area contributed by atoms with E-state index in [0.717, 1.165) is 48.2 Å². The van der Waals surface area contributed by atoms with Crippen LogP contribution in [0.5, 0.6) is 0 Å². The average Bonchev–Trinajstić information content (AvgIpc) is 3.73. The van der Waals surface area contributed by atoms with Crippen LogP contribution in [0.3, 0.4) is 0 Å². The first-order valence-corrected chi connectivity index (χ1v) is 26.4. The number of aliphatic hydroxyl groups is 5. The van der Waals surface area contributed by atoms with Crippen LogP contribution in [0.25, 0.3) is 0 Å². The minimum atomic E-state index is -0.680. The van der Waals surface area contributed by atoms with E-state index < -0.39 is 30.0 Å². The van der Waals surface area contributed by atoms with Crippen molar-refractivity contribution in [3.63, 3.8) is 0 Å². The lowest BCUT2D eigenvalue weighted by Crippen LogP contribution is -2.39. The Kier molecular flexibility index (Phi) is 22.4. The SMILES string of the molecule is C=C1/C(=C/C=C2\CCC[C@]3(C)[C@@H]([C@H](C)OCCC(C)(C)O)CC[C@@H]23)C[C@@H](O)C[C@@H]1O.C=C1/C(=C\C=C2/CCC[C@]3(C)[C@@H]([C@H](C)OCCC(C)(C)C)CC[C@@H]23)C[C@@H](O)C[C@@H]1O.CI.I. The molecule has 0 aromatic rings. The molecule has 5 N–H and O–H groups in total. The van der Waals surface area contributed by atoms with Crippen molar-refractivity contribution in [1.29, 1.82) is 0 Å². The summed E-state index contributed by atoms with van der Waals surface area (Å²) in [4.78, 5) is 1.97. The zero-order valence-electron chi connectivity index (χ0n) is 41.1. The summed E-state index contributed by atoms with van der Waals surface area (Å²) in [5, 5.41) is 50.3. The van der Waals surface area contributed by atoms with Gasteiger partial charge in [-0.05, 0) is 185 Å². The molecule has 0 unspecified atom stereocenters. The number of rotatable bonds is 11. The highest BCUT2D eigenvalue weighted by Gasteiger charge is 2.52. The van der Waals surface area contributed by atoms with E-state index in [4.69, 9.17) is 9.47 Å². The fourth-order valence-electron chi connectivity index (χ4n) is 12.3. The summed E-state index contributed by atoms with van der Waals surface area (Å²) in [5.41, 5.74) is 6.78. The highest BCUT2D eigenvalue weighted by atomic mass is 127. The van der Waals surface area contributed by atoms with Crippen LogP contribution < -0.4 is 0 Å². The van der Waals surface area contributed by atoms with Crippen molar-refractivity contribution in [2.75, 3.05) is 18.1 Å². The standard InChI is InChI=1S/C27H44O3.C26H42O4.CH3I.HI/c1-18-21(16-22(28)17-25(18)29)10-9-20-8-7-13-27(6)23(11-12-24(20)27)19(2)30-15-14-26(3,4)5;1-17-20(15-21(27)16-24(17)28)9-8-19-7-6-12-26(5)22(10-11-23(19)26)18(2)30-14-13-25(3,4)29;1-2;/h9-10,19,22-25,28-29H,1,7-8,11-17H2,2-6H3;8-9,18,21-24,27-29H,1,6-7,10-16H2,2-5H3;1H3;1H/b20-9+,21-10-;19-8+,20-9+;;/t19-,22+,23+,24-,25-,27+;18-,21+,22+,23-,24-,26+;;/m00../s1. The molecule has 0 radical (unpaired) electrons. The van der Waals surface area contributed by atoms with E-state index in [0.29, 0.717) is 79.3 Å². The molecule has 63 heavy (non-hydrogen) atoms. The van der Waals surface area contributed by atoms with Gasteiger partial charge < -0.3 is 35.0 Å². The van der Waals surface area contributed by atoms with Crippen LogP contribution in [0, 0.1) is 39.9 Å². The molecule has 0 aromatic heterocycles. The molecule has 0 bridgehead atoms. The molecule has 362 valence electrons. The van der Waals surface area contributed by atoms with Gasteiger partial charge in [-0.1, -0.05) is 106 Å². The minimum Gasteiger partial charge on any atom is -0.393 e. The molecule has 6 rings (SSSR count). The quantitative estimate of drug-likeness (QED) is 0.103.